The third kappa shape index (κ3) is 7.36. The minimum Gasteiger partial charge on any atom is -0.484 e. The number of nitrogens with zero attached hydrogens (tertiary/aromatic N) is 1. The summed E-state index contributed by atoms with van der Waals surface area (Å²) in [5.74, 6) is 0.126. The summed E-state index contributed by atoms with van der Waals surface area (Å²) in [5, 5.41) is 4.08. The van der Waals surface area contributed by atoms with Crippen molar-refractivity contribution in [2.24, 2.45) is 0 Å². The van der Waals surface area contributed by atoms with Crippen LogP contribution in [0.1, 0.15) is 50.2 Å². The Bertz CT molecular complexity index is 996. The molecule has 178 valence electrons. The zero-order valence-electron chi connectivity index (χ0n) is 18.9. The average Bonchev–Trinajstić information content (AvgIpc) is 2.79. The van der Waals surface area contributed by atoms with Crippen LogP contribution >= 0.6 is 39.1 Å². The van der Waals surface area contributed by atoms with Gasteiger partial charge in [0.1, 0.15) is 11.8 Å². The van der Waals surface area contributed by atoms with Gasteiger partial charge in [-0.15, -0.1) is 0 Å². The van der Waals surface area contributed by atoms with Crippen LogP contribution in [0, 0.1) is 6.92 Å². The lowest BCUT2D eigenvalue weighted by Gasteiger charge is -2.31. The van der Waals surface area contributed by atoms with Gasteiger partial charge in [-0.05, 0) is 68.1 Å². The summed E-state index contributed by atoms with van der Waals surface area (Å²) in [6, 6.07) is 10.1. The molecule has 0 heterocycles. The Hall–Kier alpha value is -1.76. The maximum absolute atomic E-state index is 13.2. The summed E-state index contributed by atoms with van der Waals surface area (Å²) < 4.78 is 6.72. The van der Waals surface area contributed by atoms with E-state index in [1.54, 1.807) is 31.2 Å². The van der Waals surface area contributed by atoms with Crippen molar-refractivity contribution in [1.82, 2.24) is 10.2 Å². The third-order valence-corrected chi connectivity index (χ3v) is 7.44. The van der Waals surface area contributed by atoms with Crippen molar-refractivity contribution in [1.29, 1.82) is 0 Å². The Morgan fingerprint density at radius 2 is 1.88 bits per heavy atom. The van der Waals surface area contributed by atoms with Gasteiger partial charge in [0, 0.05) is 27.1 Å². The topological polar surface area (TPSA) is 58.6 Å². The molecular formula is C25H29BrCl2N2O3. The number of rotatable bonds is 8. The van der Waals surface area contributed by atoms with Crippen molar-refractivity contribution in [3.8, 4) is 5.75 Å². The summed E-state index contributed by atoms with van der Waals surface area (Å²) in [5.41, 5.74) is 1.72. The van der Waals surface area contributed by atoms with E-state index >= 15 is 0 Å². The normalized spacial score (nSPS) is 15.1. The van der Waals surface area contributed by atoms with Gasteiger partial charge in [-0.3, -0.25) is 9.59 Å². The summed E-state index contributed by atoms with van der Waals surface area (Å²) in [7, 11) is 0. The van der Waals surface area contributed by atoms with E-state index in [4.69, 9.17) is 27.9 Å². The SMILES string of the molecule is Cc1cc(OCC(=O)N(Cc2ccc(Cl)cc2Cl)C(C)C(=O)NC2CCCCC2)ccc1Br. The van der Waals surface area contributed by atoms with Crippen molar-refractivity contribution in [3.05, 3.63) is 62.0 Å². The second-order valence-electron chi connectivity index (χ2n) is 8.48. The fraction of sp³-hybridized carbons (Fsp3) is 0.440. The minimum absolute atomic E-state index is 0.159. The predicted octanol–water partition coefficient (Wildman–Crippen LogP) is 6.31. The first-order chi connectivity index (χ1) is 15.7. The van der Waals surface area contributed by atoms with Gasteiger partial charge in [0.05, 0.1) is 0 Å². The number of aryl methyl sites for hydroxylation is 1. The lowest BCUT2D eigenvalue weighted by Crippen LogP contribution is -2.51. The standard InChI is InChI=1S/C25H29BrCl2N2O3/c1-16-12-21(10-11-22(16)26)33-15-24(31)30(14-18-8-9-19(27)13-23(18)28)17(2)25(32)29-20-6-4-3-5-7-20/h8-13,17,20H,3-7,14-15H2,1-2H3,(H,29,32). The monoisotopic (exact) mass is 554 g/mol. The average molecular weight is 556 g/mol. The highest BCUT2D eigenvalue weighted by Gasteiger charge is 2.29. The number of hydrogen-bond donors (Lipinski definition) is 1. The molecule has 2 aromatic carbocycles. The van der Waals surface area contributed by atoms with Crippen molar-refractivity contribution in [2.45, 2.75) is 64.6 Å². The van der Waals surface area contributed by atoms with Gasteiger partial charge in [0.25, 0.3) is 5.91 Å². The van der Waals surface area contributed by atoms with Gasteiger partial charge in [-0.1, -0.05) is 64.5 Å². The quantitative estimate of drug-likeness (QED) is 0.415. The molecule has 0 aromatic heterocycles. The Morgan fingerprint density at radius 3 is 2.55 bits per heavy atom. The van der Waals surface area contributed by atoms with Gasteiger partial charge in [-0.2, -0.15) is 0 Å². The van der Waals surface area contributed by atoms with Crippen LogP contribution in [0.15, 0.2) is 40.9 Å². The number of halogens is 3. The van der Waals surface area contributed by atoms with E-state index in [0.717, 1.165) is 35.7 Å². The molecule has 0 saturated heterocycles. The lowest BCUT2D eigenvalue weighted by atomic mass is 9.95. The zero-order chi connectivity index (χ0) is 24.0. The van der Waals surface area contributed by atoms with Gasteiger partial charge >= 0.3 is 0 Å². The number of benzene rings is 2. The molecule has 0 bridgehead atoms. The molecule has 5 nitrogen and oxygen atoms in total. The largest absolute Gasteiger partial charge is 0.484 e. The highest BCUT2D eigenvalue weighted by atomic mass is 79.9. The lowest BCUT2D eigenvalue weighted by molar-refractivity contribution is -0.142. The molecule has 1 N–H and O–H groups in total. The minimum atomic E-state index is -0.679. The maximum Gasteiger partial charge on any atom is 0.261 e. The summed E-state index contributed by atoms with van der Waals surface area (Å²) >= 11 is 15.9. The first-order valence-corrected chi connectivity index (χ1v) is 12.7. The van der Waals surface area contributed by atoms with Crippen LogP contribution in [0.4, 0.5) is 0 Å². The summed E-state index contributed by atoms with van der Waals surface area (Å²) in [6.07, 6.45) is 5.38. The number of hydrogen-bond acceptors (Lipinski definition) is 3. The molecule has 1 unspecified atom stereocenters. The Balaban J connectivity index is 1.74. The molecule has 0 radical (unpaired) electrons. The molecular weight excluding hydrogens is 527 g/mol. The number of ether oxygens (including phenoxy) is 1. The van der Waals surface area contributed by atoms with Crippen molar-refractivity contribution >= 4 is 50.9 Å². The summed E-state index contributed by atoms with van der Waals surface area (Å²) in [6.45, 7) is 3.68. The molecule has 3 rings (SSSR count). The number of nitrogens with one attached hydrogen (secondary N) is 1. The molecule has 8 heteroatoms. The van der Waals surface area contributed by atoms with Crippen LogP contribution in [-0.2, 0) is 16.1 Å². The van der Waals surface area contributed by atoms with E-state index < -0.39 is 6.04 Å². The smallest absolute Gasteiger partial charge is 0.261 e. The second-order valence-corrected chi connectivity index (χ2v) is 10.2. The van der Waals surface area contributed by atoms with Crippen LogP contribution in [0.2, 0.25) is 10.0 Å². The highest BCUT2D eigenvalue weighted by Crippen LogP contribution is 2.25. The van der Waals surface area contributed by atoms with E-state index in [9.17, 15) is 9.59 Å². The second kappa shape index (κ2) is 12.1. The van der Waals surface area contributed by atoms with Gasteiger partial charge in [0.2, 0.25) is 5.91 Å². The molecule has 33 heavy (non-hydrogen) atoms. The highest BCUT2D eigenvalue weighted by molar-refractivity contribution is 9.10. The van der Waals surface area contributed by atoms with E-state index in [2.05, 4.69) is 21.2 Å². The van der Waals surface area contributed by atoms with E-state index in [0.29, 0.717) is 21.4 Å². The number of carbonyl (C=O) groups is 2. The molecule has 2 aromatic rings. The molecule has 0 spiro atoms. The molecule has 0 aliphatic heterocycles. The molecule has 1 fully saturated rings. The zero-order valence-corrected chi connectivity index (χ0v) is 22.0. The molecule has 1 atom stereocenters. The van der Waals surface area contributed by atoms with E-state index in [-0.39, 0.29) is 31.0 Å². The van der Waals surface area contributed by atoms with Crippen molar-refractivity contribution in [3.63, 3.8) is 0 Å². The van der Waals surface area contributed by atoms with Gasteiger partial charge < -0.3 is 15.0 Å². The Labute approximate surface area is 213 Å². The number of amides is 2. The molecule has 1 saturated carbocycles. The molecule has 2 amide bonds. The first-order valence-electron chi connectivity index (χ1n) is 11.2. The number of carbonyl (C=O) groups excluding carboxylic acids is 2. The van der Waals surface area contributed by atoms with Gasteiger partial charge in [0.15, 0.2) is 6.61 Å². The maximum atomic E-state index is 13.2. The fourth-order valence-electron chi connectivity index (χ4n) is 3.92. The van der Waals surface area contributed by atoms with Crippen LogP contribution in [0.25, 0.3) is 0 Å². The fourth-order valence-corrected chi connectivity index (χ4v) is 4.63. The van der Waals surface area contributed by atoms with Crippen LogP contribution in [-0.4, -0.2) is 35.4 Å². The van der Waals surface area contributed by atoms with Crippen LogP contribution in [0.5, 0.6) is 5.75 Å². The molecule has 1 aliphatic carbocycles. The first kappa shape index (κ1) is 25.9. The predicted molar refractivity (Wildman–Crippen MR) is 136 cm³/mol. The Kier molecular flexibility index (Phi) is 9.47. The summed E-state index contributed by atoms with van der Waals surface area (Å²) in [4.78, 5) is 27.8. The van der Waals surface area contributed by atoms with Crippen LogP contribution in [0.3, 0.4) is 0 Å². The van der Waals surface area contributed by atoms with Crippen molar-refractivity contribution < 1.29 is 14.3 Å². The molecule has 1 aliphatic rings. The van der Waals surface area contributed by atoms with Crippen LogP contribution < -0.4 is 10.1 Å². The van der Waals surface area contributed by atoms with E-state index in [1.807, 2.05) is 19.1 Å². The van der Waals surface area contributed by atoms with Crippen molar-refractivity contribution in [2.75, 3.05) is 6.61 Å². The van der Waals surface area contributed by atoms with Gasteiger partial charge in [-0.25, -0.2) is 0 Å². The third-order valence-electron chi connectivity index (χ3n) is 5.97. The van der Waals surface area contributed by atoms with E-state index in [1.165, 1.54) is 11.3 Å². The Morgan fingerprint density at radius 1 is 1.15 bits per heavy atom.